The van der Waals surface area contributed by atoms with E-state index in [-0.39, 0.29) is 22.8 Å². The van der Waals surface area contributed by atoms with Gasteiger partial charge in [0, 0.05) is 26.5 Å². The Kier molecular flexibility index (Phi) is 6.31. The quantitative estimate of drug-likeness (QED) is 0.440. The van der Waals surface area contributed by atoms with Gasteiger partial charge in [-0.15, -0.1) is 0 Å². The largest absolute Gasteiger partial charge is 0.504 e. The highest BCUT2D eigenvalue weighted by molar-refractivity contribution is 5.97. The summed E-state index contributed by atoms with van der Waals surface area (Å²) in [4.78, 5) is 47.1. The fraction of sp³-hybridized carbons (Fsp3) is 0.400. The lowest BCUT2D eigenvalue weighted by molar-refractivity contribution is 0.0819. The molecule has 0 saturated heterocycles. The number of aromatic nitrogens is 2. The third kappa shape index (κ3) is 4.36. The van der Waals surface area contributed by atoms with Crippen molar-refractivity contribution in [3.63, 3.8) is 0 Å². The van der Waals surface area contributed by atoms with Crippen LogP contribution in [0.5, 0.6) is 5.75 Å². The molecule has 1 amide bonds. The second-order valence-electron chi connectivity index (χ2n) is 9.57. The first-order valence-electron chi connectivity index (χ1n) is 11.4. The molecule has 3 atom stereocenters. The molecule has 1 aliphatic rings. The Hall–Kier alpha value is -3.82. The molecule has 9 nitrogen and oxygen atoms in total. The molecular weight excluding hydrogens is 453 g/mol. The van der Waals surface area contributed by atoms with Crippen LogP contribution in [0.3, 0.4) is 0 Å². The number of nitrogens with one attached hydrogen (secondary N) is 2. The molecule has 4 rings (SSSR count). The molecule has 3 N–H and O–H groups in total. The van der Waals surface area contributed by atoms with E-state index in [4.69, 9.17) is 0 Å². The number of hydrogen-bond donors (Lipinski definition) is 3. The van der Waals surface area contributed by atoms with Crippen LogP contribution in [0.2, 0.25) is 0 Å². The number of hydrogen-bond acceptors (Lipinski definition) is 8. The van der Waals surface area contributed by atoms with Crippen molar-refractivity contribution in [3.8, 4) is 5.75 Å². The average molecular weight is 482 g/mol. The molecule has 0 aliphatic heterocycles. The van der Waals surface area contributed by atoms with E-state index < -0.39 is 40.1 Å². The topological polar surface area (TPSA) is 125 Å². The Bertz CT molecular complexity index is 1350. The van der Waals surface area contributed by atoms with E-state index in [0.29, 0.717) is 25.0 Å². The molecule has 2 heterocycles. The summed E-state index contributed by atoms with van der Waals surface area (Å²) in [5.74, 6) is -0.958. The number of carbonyl (C=O) groups excluding carboxylic acids is 1. The predicted molar refractivity (Wildman–Crippen MR) is 131 cm³/mol. The first-order chi connectivity index (χ1) is 16.5. The van der Waals surface area contributed by atoms with Gasteiger partial charge in [0.05, 0.1) is 17.4 Å². The number of carbonyl (C=O) groups is 1. The lowest BCUT2D eigenvalue weighted by Gasteiger charge is -2.36. The fourth-order valence-corrected chi connectivity index (χ4v) is 4.68. The number of aromatic hydroxyl groups is 1. The van der Waals surface area contributed by atoms with E-state index in [1.54, 1.807) is 12.3 Å². The van der Waals surface area contributed by atoms with Crippen molar-refractivity contribution >= 4 is 23.0 Å². The van der Waals surface area contributed by atoms with Gasteiger partial charge in [0.2, 0.25) is 0 Å². The van der Waals surface area contributed by atoms with Gasteiger partial charge in [0.15, 0.2) is 11.4 Å². The van der Waals surface area contributed by atoms with Crippen LogP contribution in [-0.2, 0) is 0 Å². The summed E-state index contributed by atoms with van der Waals surface area (Å²) < 4.78 is 14.3. The Morgan fingerprint density at radius 2 is 1.91 bits per heavy atom. The van der Waals surface area contributed by atoms with Crippen molar-refractivity contribution in [3.05, 3.63) is 68.0 Å². The molecule has 1 aliphatic carbocycles. The Morgan fingerprint density at radius 3 is 2.54 bits per heavy atom. The standard InChI is InChI=1S/C25H28FN5O4/c1-13-6-5-10-27-16(13)23(25(2)9-7-14(26)12-25)30-18-17(21(33)22(18)34)29-15-8-11-28-19(20(15)32)24(35)31(3)4/h5-6,8,10-11,14,23,30,32H,7,9,12H2,1-4H3,(H,28,29). The number of halogens is 1. The smallest absolute Gasteiger partial charge is 0.275 e. The van der Waals surface area contributed by atoms with Gasteiger partial charge in [-0.2, -0.15) is 0 Å². The lowest BCUT2D eigenvalue weighted by atomic mass is 9.77. The van der Waals surface area contributed by atoms with E-state index in [1.807, 2.05) is 19.9 Å². The summed E-state index contributed by atoms with van der Waals surface area (Å²) in [7, 11) is 3.04. The van der Waals surface area contributed by atoms with Crippen LogP contribution in [0.1, 0.15) is 54.0 Å². The maximum atomic E-state index is 14.3. The van der Waals surface area contributed by atoms with Crippen molar-refractivity contribution in [1.82, 2.24) is 14.9 Å². The minimum Gasteiger partial charge on any atom is -0.504 e. The van der Waals surface area contributed by atoms with Gasteiger partial charge in [0.25, 0.3) is 16.8 Å². The van der Waals surface area contributed by atoms with Crippen LogP contribution in [-0.4, -0.2) is 46.1 Å². The van der Waals surface area contributed by atoms with Crippen LogP contribution in [0, 0.1) is 12.3 Å². The van der Waals surface area contributed by atoms with Gasteiger partial charge >= 0.3 is 0 Å². The number of nitrogens with zero attached hydrogens (tertiary/aromatic N) is 3. The highest BCUT2D eigenvalue weighted by Crippen LogP contribution is 2.50. The zero-order chi connectivity index (χ0) is 25.5. The molecule has 1 fully saturated rings. The van der Waals surface area contributed by atoms with Crippen LogP contribution in [0.25, 0.3) is 0 Å². The summed E-state index contributed by atoms with van der Waals surface area (Å²) in [6.07, 6.45) is 3.28. The van der Waals surface area contributed by atoms with Gasteiger partial charge < -0.3 is 20.6 Å². The first kappa shape index (κ1) is 24.3. The molecule has 0 radical (unpaired) electrons. The van der Waals surface area contributed by atoms with E-state index in [0.717, 1.165) is 5.56 Å². The molecule has 2 aromatic heterocycles. The van der Waals surface area contributed by atoms with Crippen LogP contribution < -0.4 is 21.5 Å². The second-order valence-corrected chi connectivity index (χ2v) is 9.57. The van der Waals surface area contributed by atoms with Crippen molar-refractivity contribution in [2.75, 3.05) is 24.7 Å². The molecule has 0 bridgehead atoms. The SMILES string of the molecule is Cc1cccnc1C(Nc1c(Nc2ccnc(C(=O)N(C)C)c2O)c(=O)c1=O)C1(C)CCC(F)C1. The van der Waals surface area contributed by atoms with Crippen LogP contribution >= 0.6 is 0 Å². The monoisotopic (exact) mass is 481 g/mol. The molecular formula is C25H28FN5O4. The number of aryl methyl sites for hydroxylation is 1. The third-order valence-corrected chi connectivity index (χ3v) is 6.73. The van der Waals surface area contributed by atoms with Gasteiger partial charge in [-0.05, 0) is 49.3 Å². The summed E-state index contributed by atoms with van der Waals surface area (Å²) in [6.45, 7) is 3.84. The van der Waals surface area contributed by atoms with Gasteiger partial charge in [0.1, 0.15) is 17.5 Å². The molecule has 10 heteroatoms. The maximum Gasteiger partial charge on any atom is 0.275 e. The summed E-state index contributed by atoms with van der Waals surface area (Å²) in [6, 6.07) is 4.56. The minimum atomic E-state index is -0.958. The Labute approximate surface area is 201 Å². The zero-order valence-electron chi connectivity index (χ0n) is 20.1. The van der Waals surface area contributed by atoms with Crippen molar-refractivity contribution < 1.29 is 14.3 Å². The van der Waals surface area contributed by atoms with Crippen molar-refractivity contribution in [2.45, 2.75) is 45.3 Å². The first-order valence-corrected chi connectivity index (χ1v) is 11.4. The summed E-state index contributed by atoms with van der Waals surface area (Å²) in [5.41, 5.74) is -0.622. The highest BCUT2D eigenvalue weighted by atomic mass is 19.1. The summed E-state index contributed by atoms with van der Waals surface area (Å²) in [5, 5.41) is 16.6. The number of pyridine rings is 2. The Morgan fingerprint density at radius 1 is 1.20 bits per heavy atom. The lowest BCUT2D eigenvalue weighted by Crippen LogP contribution is -2.40. The van der Waals surface area contributed by atoms with E-state index >= 15 is 0 Å². The van der Waals surface area contributed by atoms with Crippen molar-refractivity contribution in [2.24, 2.45) is 5.41 Å². The van der Waals surface area contributed by atoms with Gasteiger partial charge in [-0.3, -0.25) is 19.4 Å². The average Bonchev–Trinajstić information content (AvgIpc) is 3.18. The highest BCUT2D eigenvalue weighted by Gasteiger charge is 2.44. The van der Waals surface area contributed by atoms with Crippen LogP contribution in [0.4, 0.5) is 21.5 Å². The Balaban J connectivity index is 1.71. The second kappa shape index (κ2) is 9.09. The van der Waals surface area contributed by atoms with Gasteiger partial charge in [-0.1, -0.05) is 13.0 Å². The number of rotatable bonds is 7. The van der Waals surface area contributed by atoms with E-state index in [2.05, 4.69) is 20.6 Å². The van der Waals surface area contributed by atoms with Crippen molar-refractivity contribution in [1.29, 1.82) is 0 Å². The number of alkyl halides is 1. The molecule has 184 valence electrons. The molecule has 3 unspecified atom stereocenters. The molecule has 3 aromatic rings. The molecule has 1 saturated carbocycles. The minimum absolute atomic E-state index is 0.0327. The maximum absolute atomic E-state index is 14.3. The fourth-order valence-electron chi connectivity index (χ4n) is 4.68. The van der Waals surface area contributed by atoms with Gasteiger partial charge in [-0.25, -0.2) is 9.37 Å². The number of amides is 1. The zero-order valence-corrected chi connectivity index (χ0v) is 20.1. The predicted octanol–water partition coefficient (Wildman–Crippen LogP) is 3.21. The molecule has 0 spiro atoms. The van der Waals surface area contributed by atoms with Crippen LogP contribution in [0.15, 0.2) is 40.2 Å². The van der Waals surface area contributed by atoms with E-state index in [9.17, 15) is 23.9 Å². The molecule has 35 heavy (non-hydrogen) atoms. The third-order valence-electron chi connectivity index (χ3n) is 6.73. The summed E-state index contributed by atoms with van der Waals surface area (Å²) >= 11 is 0. The number of anilines is 3. The molecule has 1 aromatic carbocycles. The van der Waals surface area contributed by atoms with E-state index in [1.165, 1.54) is 31.3 Å². The normalized spacial score (nSPS) is 20.5.